The van der Waals surface area contributed by atoms with Crippen LogP contribution in [0.5, 0.6) is 23.0 Å². The van der Waals surface area contributed by atoms with Crippen LogP contribution in [0.3, 0.4) is 0 Å². The Labute approximate surface area is 240 Å². The zero-order valence-electron chi connectivity index (χ0n) is 23.0. The maximum absolute atomic E-state index is 12.3. The van der Waals surface area contributed by atoms with E-state index >= 15 is 0 Å². The number of benzene rings is 3. The number of hydrogen-bond donors (Lipinski definition) is 2. The summed E-state index contributed by atoms with van der Waals surface area (Å²) in [5, 5.41) is 21.2. The molecule has 3 unspecified atom stereocenters. The summed E-state index contributed by atoms with van der Waals surface area (Å²) in [4.78, 5) is 2.25. The van der Waals surface area contributed by atoms with Crippen molar-refractivity contribution in [1.29, 1.82) is 0 Å². The quantitative estimate of drug-likeness (QED) is 0.335. The van der Waals surface area contributed by atoms with E-state index < -0.39 is 15.9 Å². The minimum atomic E-state index is -3.69. The summed E-state index contributed by atoms with van der Waals surface area (Å²) in [6.45, 7) is 9.11. The molecule has 40 heavy (non-hydrogen) atoms. The van der Waals surface area contributed by atoms with Crippen molar-refractivity contribution in [2.24, 2.45) is 5.92 Å². The molecule has 212 valence electrons. The van der Waals surface area contributed by atoms with Gasteiger partial charge in [-0.25, -0.2) is 8.42 Å². The number of hydrogen-bond acceptors (Lipinski definition) is 7. The first-order valence-corrected chi connectivity index (χ1v) is 15.6. The summed E-state index contributed by atoms with van der Waals surface area (Å²) in [6.07, 6.45) is 1.62. The Kier molecular flexibility index (Phi) is 7.79. The fourth-order valence-electron chi connectivity index (χ4n) is 5.53. The third-order valence-electron chi connectivity index (χ3n) is 7.72. The molecule has 7 nitrogen and oxygen atoms in total. The number of likely N-dealkylation sites (tertiary alicyclic amines) is 1. The predicted molar refractivity (Wildman–Crippen MR) is 157 cm³/mol. The van der Waals surface area contributed by atoms with Crippen molar-refractivity contribution in [2.75, 3.05) is 26.0 Å². The van der Waals surface area contributed by atoms with Crippen molar-refractivity contribution in [3.63, 3.8) is 0 Å². The lowest BCUT2D eigenvalue weighted by Gasteiger charge is -2.31. The number of halogens is 1. The fraction of sp³-hybridized carbons (Fsp3) is 0.355. The lowest BCUT2D eigenvalue weighted by Crippen LogP contribution is -2.35. The van der Waals surface area contributed by atoms with E-state index in [4.69, 9.17) is 21.1 Å². The van der Waals surface area contributed by atoms with Gasteiger partial charge in [-0.2, -0.15) is 0 Å². The summed E-state index contributed by atoms with van der Waals surface area (Å²) >= 11 is 6.29. The van der Waals surface area contributed by atoms with E-state index in [1.165, 1.54) is 24.6 Å². The summed E-state index contributed by atoms with van der Waals surface area (Å²) in [6, 6.07) is 15.5. The predicted octanol–water partition coefficient (Wildman–Crippen LogP) is 6.33. The second-order valence-electron chi connectivity index (χ2n) is 10.9. The van der Waals surface area contributed by atoms with E-state index in [0.29, 0.717) is 40.5 Å². The zero-order chi connectivity index (χ0) is 28.8. The van der Waals surface area contributed by atoms with Crippen LogP contribution in [0.1, 0.15) is 50.0 Å². The topological polar surface area (TPSA) is 96.3 Å². The van der Waals surface area contributed by atoms with Crippen LogP contribution in [0.2, 0.25) is 5.02 Å². The van der Waals surface area contributed by atoms with E-state index in [9.17, 15) is 18.6 Å². The number of nitrogens with zero attached hydrogens (tertiary/aromatic N) is 1. The van der Waals surface area contributed by atoms with E-state index in [2.05, 4.69) is 18.7 Å². The molecule has 2 aliphatic rings. The molecule has 0 radical (unpaired) electrons. The molecule has 3 aromatic rings. The molecule has 2 heterocycles. The summed E-state index contributed by atoms with van der Waals surface area (Å²) < 4.78 is 37.1. The van der Waals surface area contributed by atoms with Crippen LogP contribution in [0, 0.1) is 5.92 Å². The number of fused-ring (bicyclic) bond motifs is 1. The van der Waals surface area contributed by atoms with Gasteiger partial charge in [-0.3, -0.25) is 4.90 Å². The number of rotatable bonds is 7. The Balaban J connectivity index is 1.50. The van der Waals surface area contributed by atoms with Gasteiger partial charge in [0.2, 0.25) is 0 Å². The van der Waals surface area contributed by atoms with Crippen LogP contribution in [-0.4, -0.2) is 55.5 Å². The van der Waals surface area contributed by atoms with Crippen LogP contribution < -0.4 is 9.47 Å². The van der Waals surface area contributed by atoms with Gasteiger partial charge in [-0.1, -0.05) is 30.7 Å². The molecule has 0 saturated carbocycles. The number of aromatic hydroxyl groups is 2. The van der Waals surface area contributed by atoms with Crippen LogP contribution >= 0.6 is 11.6 Å². The Hall–Kier alpha value is -3.20. The van der Waals surface area contributed by atoms with Crippen LogP contribution in [0.25, 0.3) is 11.1 Å². The average molecular weight is 584 g/mol. The first kappa shape index (κ1) is 28.3. The monoisotopic (exact) mass is 583 g/mol. The molecule has 0 amide bonds. The summed E-state index contributed by atoms with van der Waals surface area (Å²) in [5.74, 6) is 1.45. The van der Waals surface area contributed by atoms with Gasteiger partial charge in [-0.05, 0) is 85.8 Å². The highest BCUT2D eigenvalue weighted by Crippen LogP contribution is 2.49. The van der Waals surface area contributed by atoms with Crippen molar-refractivity contribution in [2.45, 2.75) is 44.2 Å². The highest BCUT2D eigenvalue weighted by molar-refractivity contribution is 7.90. The lowest BCUT2D eigenvalue weighted by atomic mass is 9.86. The molecule has 0 aliphatic carbocycles. The molecule has 3 aromatic carbocycles. The molecule has 5 rings (SSSR count). The van der Waals surface area contributed by atoms with Gasteiger partial charge in [-0.15, -0.1) is 0 Å². The second kappa shape index (κ2) is 11.0. The van der Waals surface area contributed by atoms with Crippen molar-refractivity contribution < 1.29 is 28.1 Å². The van der Waals surface area contributed by atoms with E-state index in [-0.39, 0.29) is 16.4 Å². The normalized spacial score (nSPS) is 20.2. The first-order valence-electron chi connectivity index (χ1n) is 13.3. The molecule has 9 heteroatoms. The molecule has 1 saturated heterocycles. The third-order valence-corrected chi connectivity index (χ3v) is 9.07. The number of phenols is 2. The Morgan fingerprint density at radius 1 is 1.12 bits per heavy atom. The van der Waals surface area contributed by atoms with Gasteiger partial charge in [0.15, 0.2) is 9.84 Å². The van der Waals surface area contributed by atoms with Crippen molar-refractivity contribution in [3.05, 3.63) is 76.3 Å². The highest BCUT2D eigenvalue weighted by Gasteiger charge is 2.32. The largest absolute Gasteiger partial charge is 0.508 e. The van der Waals surface area contributed by atoms with Gasteiger partial charge in [0.05, 0.1) is 0 Å². The molecule has 0 aromatic heterocycles. The van der Waals surface area contributed by atoms with Crippen molar-refractivity contribution in [1.82, 2.24) is 4.90 Å². The SMILES string of the molecule is CC1=C(c2cc(O)cc(Cl)c2)C(c2ccc(OCC(C)N3CCC(C)C3)cc2)Oc2cc(S(C)(=O)=O)c(O)cc21. The molecule has 2 aliphatic heterocycles. The fourth-order valence-corrected chi connectivity index (χ4v) is 6.52. The maximum atomic E-state index is 12.3. The molecule has 1 fully saturated rings. The Morgan fingerprint density at radius 2 is 1.85 bits per heavy atom. The van der Waals surface area contributed by atoms with Crippen LogP contribution in [0.15, 0.2) is 59.5 Å². The molecular formula is C31H34ClNO6S. The van der Waals surface area contributed by atoms with Gasteiger partial charge < -0.3 is 19.7 Å². The molecular weight excluding hydrogens is 550 g/mol. The average Bonchev–Trinajstić information content (AvgIpc) is 3.32. The lowest BCUT2D eigenvalue weighted by molar-refractivity contribution is 0.169. The number of ether oxygens (including phenoxy) is 2. The minimum absolute atomic E-state index is 0.00730. The zero-order valence-corrected chi connectivity index (χ0v) is 24.6. The first-order chi connectivity index (χ1) is 18.9. The van der Waals surface area contributed by atoms with Crippen molar-refractivity contribution >= 4 is 32.6 Å². The highest BCUT2D eigenvalue weighted by atomic mass is 35.5. The molecule has 3 atom stereocenters. The van der Waals surface area contributed by atoms with Crippen LogP contribution in [-0.2, 0) is 9.84 Å². The van der Waals surface area contributed by atoms with Gasteiger partial charge in [0.1, 0.15) is 40.6 Å². The van der Waals surface area contributed by atoms with E-state index in [1.807, 2.05) is 31.2 Å². The minimum Gasteiger partial charge on any atom is -0.508 e. The molecule has 2 N–H and O–H groups in total. The maximum Gasteiger partial charge on any atom is 0.179 e. The summed E-state index contributed by atoms with van der Waals surface area (Å²) in [7, 11) is -3.69. The number of allylic oxidation sites excluding steroid dienone is 1. The molecule has 0 bridgehead atoms. The van der Waals surface area contributed by atoms with Gasteiger partial charge in [0, 0.05) is 41.1 Å². The smallest absolute Gasteiger partial charge is 0.179 e. The Morgan fingerprint density at radius 3 is 2.48 bits per heavy atom. The number of sulfone groups is 1. The van der Waals surface area contributed by atoms with E-state index in [0.717, 1.165) is 41.8 Å². The summed E-state index contributed by atoms with van der Waals surface area (Å²) in [5.41, 5.74) is 3.52. The van der Waals surface area contributed by atoms with E-state index in [1.54, 1.807) is 12.1 Å². The standard InChI is InChI=1S/C31H34ClNO6S/c1-18-9-10-33(16-18)19(2)17-38-25-7-5-21(6-8-25)31-30(22-11-23(32)13-24(34)12-22)20(3)26-14-27(35)29(40(4,36)37)15-28(26)39-31/h5-8,11-15,18-19,31,34-35H,9-10,16-17H2,1-4H3. The second-order valence-corrected chi connectivity index (χ2v) is 13.4. The third kappa shape index (κ3) is 5.80. The number of phenolic OH excluding ortho intramolecular Hbond substituents is 2. The van der Waals surface area contributed by atoms with Crippen LogP contribution in [0.4, 0.5) is 0 Å². The van der Waals surface area contributed by atoms with Gasteiger partial charge >= 0.3 is 0 Å². The van der Waals surface area contributed by atoms with Crippen molar-refractivity contribution in [3.8, 4) is 23.0 Å². The Bertz CT molecular complexity index is 1550. The van der Waals surface area contributed by atoms with Gasteiger partial charge in [0.25, 0.3) is 0 Å². The molecule has 0 spiro atoms.